The van der Waals surface area contributed by atoms with Crippen molar-refractivity contribution in [3.05, 3.63) is 28.2 Å². The number of halogens is 1. The van der Waals surface area contributed by atoms with Crippen LogP contribution in [0.1, 0.15) is 18.4 Å². The average Bonchev–Trinajstić information content (AvgIpc) is 2.34. The molecule has 4 heteroatoms. The van der Waals surface area contributed by atoms with Crippen LogP contribution >= 0.6 is 15.9 Å². The van der Waals surface area contributed by atoms with Gasteiger partial charge in [-0.2, -0.15) is 0 Å². The van der Waals surface area contributed by atoms with Crippen molar-refractivity contribution in [2.24, 2.45) is 0 Å². The summed E-state index contributed by atoms with van der Waals surface area (Å²) in [6.45, 7) is 3.28. The summed E-state index contributed by atoms with van der Waals surface area (Å²) < 4.78 is 0.781. The maximum absolute atomic E-state index is 9.48. The van der Waals surface area contributed by atoms with Gasteiger partial charge in [-0.3, -0.25) is 4.90 Å². The number of phenols is 1. The summed E-state index contributed by atoms with van der Waals surface area (Å²) in [6, 6.07) is 6.49. The first-order chi connectivity index (χ1) is 8.56. The summed E-state index contributed by atoms with van der Waals surface area (Å²) in [5.74, 6) is 0.310. The average molecular weight is 313 g/mol. The highest BCUT2D eigenvalue weighted by atomic mass is 79.9. The van der Waals surface area contributed by atoms with Gasteiger partial charge in [-0.1, -0.05) is 6.07 Å². The van der Waals surface area contributed by atoms with Crippen molar-refractivity contribution in [3.8, 4) is 5.75 Å². The number of piperidine rings is 1. The lowest BCUT2D eigenvalue weighted by Gasteiger charge is -2.35. The quantitative estimate of drug-likeness (QED) is 0.929. The molecule has 1 heterocycles. The SMILES string of the molecule is CN(C)C1CCN(Cc2ccc(O)c(Br)c2)CC1. The van der Waals surface area contributed by atoms with Gasteiger partial charge in [0.25, 0.3) is 0 Å². The molecule has 100 valence electrons. The van der Waals surface area contributed by atoms with Crippen molar-refractivity contribution in [2.75, 3.05) is 27.2 Å². The van der Waals surface area contributed by atoms with Crippen LogP contribution < -0.4 is 0 Å². The molecule has 0 spiro atoms. The molecule has 0 aromatic heterocycles. The number of benzene rings is 1. The molecule has 1 N–H and O–H groups in total. The van der Waals surface area contributed by atoms with Gasteiger partial charge in [0.2, 0.25) is 0 Å². The maximum Gasteiger partial charge on any atom is 0.129 e. The molecule has 1 aliphatic rings. The number of hydrogen-bond acceptors (Lipinski definition) is 3. The summed E-state index contributed by atoms with van der Waals surface area (Å²) in [5.41, 5.74) is 1.25. The van der Waals surface area contributed by atoms with Crippen LogP contribution in [0, 0.1) is 0 Å². The molecule has 18 heavy (non-hydrogen) atoms. The van der Waals surface area contributed by atoms with Gasteiger partial charge in [0.05, 0.1) is 4.47 Å². The second-order valence-corrected chi connectivity index (χ2v) is 6.11. The van der Waals surface area contributed by atoms with Gasteiger partial charge in [-0.05, 0) is 73.7 Å². The minimum atomic E-state index is 0.310. The highest BCUT2D eigenvalue weighted by Crippen LogP contribution is 2.25. The van der Waals surface area contributed by atoms with Crippen molar-refractivity contribution < 1.29 is 5.11 Å². The van der Waals surface area contributed by atoms with Crippen LogP contribution in [0.3, 0.4) is 0 Å². The van der Waals surface area contributed by atoms with Gasteiger partial charge in [0, 0.05) is 12.6 Å². The number of aromatic hydroxyl groups is 1. The molecule has 3 nitrogen and oxygen atoms in total. The van der Waals surface area contributed by atoms with Crippen LogP contribution in [0.25, 0.3) is 0 Å². The maximum atomic E-state index is 9.48. The van der Waals surface area contributed by atoms with E-state index < -0.39 is 0 Å². The molecule has 1 aliphatic heterocycles. The molecular weight excluding hydrogens is 292 g/mol. The van der Waals surface area contributed by atoms with Gasteiger partial charge in [0.15, 0.2) is 0 Å². The molecule has 0 bridgehead atoms. The summed E-state index contributed by atoms with van der Waals surface area (Å²) in [6.07, 6.45) is 2.48. The first-order valence-corrected chi connectivity index (χ1v) is 7.21. The van der Waals surface area contributed by atoms with E-state index in [1.807, 2.05) is 12.1 Å². The lowest BCUT2D eigenvalue weighted by Crippen LogP contribution is -2.41. The third-order valence-electron chi connectivity index (χ3n) is 3.71. The van der Waals surface area contributed by atoms with E-state index in [0.717, 1.165) is 30.1 Å². The van der Waals surface area contributed by atoms with E-state index >= 15 is 0 Å². The van der Waals surface area contributed by atoms with Gasteiger partial charge in [-0.25, -0.2) is 0 Å². The van der Waals surface area contributed by atoms with E-state index in [9.17, 15) is 5.11 Å². The Morgan fingerprint density at radius 1 is 1.33 bits per heavy atom. The Morgan fingerprint density at radius 3 is 2.56 bits per heavy atom. The predicted molar refractivity (Wildman–Crippen MR) is 77.8 cm³/mol. The molecule has 1 fully saturated rings. The van der Waals surface area contributed by atoms with E-state index in [0.29, 0.717) is 5.75 Å². The Morgan fingerprint density at radius 2 is 2.00 bits per heavy atom. The highest BCUT2D eigenvalue weighted by Gasteiger charge is 2.20. The second-order valence-electron chi connectivity index (χ2n) is 5.26. The summed E-state index contributed by atoms with van der Waals surface area (Å²) in [5, 5.41) is 9.48. The molecule has 1 aromatic carbocycles. The number of nitrogens with zero attached hydrogens (tertiary/aromatic N) is 2. The van der Waals surface area contributed by atoms with E-state index in [1.54, 1.807) is 6.07 Å². The van der Waals surface area contributed by atoms with Crippen LogP contribution in [0.5, 0.6) is 5.75 Å². The van der Waals surface area contributed by atoms with Gasteiger partial charge >= 0.3 is 0 Å². The molecule has 0 saturated carbocycles. The molecule has 0 unspecified atom stereocenters. The number of hydrogen-bond donors (Lipinski definition) is 1. The van der Waals surface area contributed by atoms with Crippen molar-refractivity contribution in [1.29, 1.82) is 0 Å². The summed E-state index contributed by atoms with van der Waals surface area (Å²) >= 11 is 3.36. The number of rotatable bonds is 3. The highest BCUT2D eigenvalue weighted by molar-refractivity contribution is 9.10. The Bertz CT molecular complexity index is 401. The zero-order valence-corrected chi connectivity index (χ0v) is 12.7. The summed E-state index contributed by atoms with van der Waals surface area (Å²) in [4.78, 5) is 4.81. The van der Waals surface area contributed by atoms with E-state index in [-0.39, 0.29) is 0 Å². The van der Waals surface area contributed by atoms with Crippen molar-refractivity contribution in [2.45, 2.75) is 25.4 Å². The smallest absolute Gasteiger partial charge is 0.129 e. The van der Waals surface area contributed by atoms with E-state index in [1.165, 1.54) is 18.4 Å². The minimum absolute atomic E-state index is 0.310. The first-order valence-electron chi connectivity index (χ1n) is 6.42. The predicted octanol–water partition coefficient (Wildman–Crippen LogP) is 2.68. The number of likely N-dealkylation sites (tertiary alicyclic amines) is 1. The Balaban J connectivity index is 1.89. The fraction of sp³-hybridized carbons (Fsp3) is 0.571. The third-order valence-corrected chi connectivity index (χ3v) is 4.34. The van der Waals surface area contributed by atoms with Crippen LogP contribution in [0.2, 0.25) is 0 Å². The van der Waals surface area contributed by atoms with Crippen LogP contribution in [0.4, 0.5) is 0 Å². The molecular formula is C14H21BrN2O. The van der Waals surface area contributed by atoms with Crippen molar-refractivity contribution >= 4 is 15.9 Å². The molecule has 1 saturated heterocycles. The van der Waals surface area contributed by atoms with Crippen LogP contribution in [-0.2, 0) is 6.54 Å². The topological polar surface area (TPSA) is 26.7 Å². The van der Waals surface area contributed by atoms with Crippen LogP contribution in [-0.4, -0.2) is 48.1 Å². The summed E-state index contributed by atoms with van der Waals surface area (Å²) in [7, 11) is 4.33. The normalized spacial score (nSPS) is 18.4. The fourth-order valence-corrected chi connectivity index (χ4v) is 2.93. The fourth-order valence-electron chi connectivity index (χ4n) is 2.50. The Hall–Kier alpha value is -0.580. The Labute approximate surface area is 118 Å². The molecule has 0 aliphatic carbocycles. The van der Waals surface area contributed by atoms with Crippen molar-refractivity contribution in [1.82, 2.24) is 9.80 Å². The van der Waals surface area contributed by atoms with E-state index in [2.05, 4.69) is 39.8 Å². The lowest BCUT2D eigenvalue weighted by molar-refractivity contribution is 0.140. The largest absolute Gasteiger partial charge is 0.507 e. The van der Waals surface area contributed by atoms with Gasteiger partial charge < -0.3 is 10.0 Å². The standard InChI is InChI=1S/C14H21BrN2O/c1-16(2)12-5-7-17(8-6-12)10-11-3-4-14(18)13(15)9-11/h3-4,9,12,18H,5-8,10H2,1-2H3. The van der Waals surface area contributed by atoms with Gasteiger partial charge in [0.1, 0.15) is 5.75 Å². The molecule has 0 atom stereocenters. The third kappa shape index (κ3) is 3.46. The Kier molecular flexibility index (Phi) is 4.65. The lowest BCUT2D eigenvalue weighted by atomic mass is 10.0. The molecule has 1 aromatic rings. The second kappa shape index (κ2) is 6.04. The van der Waals surface area contributed by atoms with Crippen molar-refractivity contribution in [3.63, 3.8) is 0 Å². The molecule has 0 radical (unpaired) electrons. The zero-order valence-electron chi connectivity index (χ0n) is 11.1. The molecule has 2 rings (SSSR count). The van der Waals surface area contributed by atoms with Crippen LogP contribution in [0.15, 0.2) is 22.7 Å². The molecule has 0 amide bonds. The zero-order chi connectivity index (χ0) is 13.1. The first kappa shape index (κ1) is 13.8. The van der Waals surface area contributed by atoms with E-state index in [4.69, 9.17) is 0 Å². The van der Waals surface area contributed by atoms with Gasteiger partial charge in [-0.15, -0.1) is 0 Å². The number of phenolic OH excluding ortho intramolecular Hbond substituents is 1. The minimum Gasteiger partial charge on any atom is -0.507 e. The monoisotopic (exact) mass is 312 g/mol.